The van der Waals surface area contributed by atoms with E-state index in [2.05, 4.69) is 46.6 Å². The van der Waals surface area contributed by atoms with Crippen molar-refractivity contribution in [1.29, 1.82) is 0 Å². The van der Waals surface area contributed by atoms with E-state index in [4.69, 9.17) is 4.74 Å². The summed E-state index contributed by atoms with van der Waals surface area (Å²) in [6, 6.07) is 0. The summed E-state index contributed by atoms with van der Waals surface area (Å²) in [5.41, 5.74) is 0.353. The van der Waals surface area contributed by atoms with Crippen molar-refractivity contribution in [3.8, 4) is 0 Å². The average molecular weight is 213 g/mol. The highest BCUT2D eigenvalue weighted by atomic mass is 16.5. The Morgan fingerprint density at radius 2 is 2.00 bits per heavy atom. The summed E-state index contributed by atoms with van der Waals surface area (Å²) in [5, 5.41) is 0. The van der Waals surface area contributed by atoms with Gasteiger partial charge in [-0.25, -0.2) is 0 Å². The van der Waals surface area contributed by atoms with Crippen LogP contribution in [0.25, 0.3) is 0 Å². The first kappa shape index (κ1) is 13.0. The van der Waals surface area contributed by atoms with E-state index in [9.17, 15) is 0 Å². The second-order valence-corrected chi connectivity index (χ2v) is 6.58. The van der Waals surface area contributed by atoms with Gasteiger partial charge in [0, 0.05) is 13.1 Å². The molecule has 2 nitrogen and oxygen atoms in total. The molecule has 1 saturated heterocycles. The molecule has 0 amide bonds. The Bertz CT molecular complexity index is 209. The zero-order chi connectivity index (χ0) is 11.7. The van der Waals surface area contributed by atoms with Crippen LogP contribution < -0.4 is 0 Å². The van der Waals surface area contributed by atoms with E-state index in [-0.39, 0.29) is 11.0 Å². The van der Waals surface area contributed by atoms with Crippen molar-refractivity contribution in [2.45, 2.75) is 46.6 Å². The summed E-state index contributed by atoms with van der Waals surface area (Å²) in [7, 11) is 2.19. The summed E-state index contributed by atoms with van der Waals surface area (Å²) in [4.78, 5) is 2.40. The van der Waals surface area contributed by atoms with Crippen molar-refractivity contribution in [2.75, 3.05) is 26.7 Å². The van der Waals surface area contributed by atoms with Crippen molar-refractivity contribution in [1.82, 2.24) is 4.90 Å². The lowest BCUT2D eigenvalue weighted by atomic mass is 9.83. The van der Waals surface area contributed by atoms with Crippen LogP contribution >= 0.6 is 0 Å². The third-order valence-electron chi connectivity index (χ3n) is 3.45. The van der Waals surface area contributed by atoms with Crippen molar-refractivity contribution < 1.29 is 4.74 Å². The molecular weight excluding hydrogens is 186 g/mol. The van der Waals surface area contributed by atoms with Gasteiger partial charge in [0.25, 0.3) is 0 Å². The molecule has 0 spiro atoms. The molecule has 1 aliphatic rings. The van der Waals surface area contributed by atoms with Gasteiger partial charge in [-0.1, -0.05) is 27.7 Å². The number of hydrogen-bond donors (Lipinski definition) is 0. The maximum absolute atomic E-state index is 6.17. The fourth-order valence-corrected chi connectivity index (χ4v) is 2.01. The quantitative estimate of drug-likeness (QED) is 0.699. The molecule has 90 valence electrons. The van der Waals surface area contributed by atoms with Gasteiger partial charge in [-0.15, -0.1) is 0 Å². The maximum atomic E-state index is 6.17. The van der Waals surface area contributed by atoms with Gasteiger partial charge < -0.3 is 9.64 Å². The number of likely N-dealkylation sites (tertiary alicyclic amines) is 1. The minimum atomic E-state index is 0.0831. The van der Waals surface area contributed by atoms with Crippen LogP contribution in [0.15, 0.2) is 0 Å². The molecule has 0 aromatic carbocycles. The normalized spacial score (nSPS) is 34.4. The summed E-state index contributed by atoms with van der Waals surface area (Å²) in [5.74, 6) is 0.624. The lowest BCUT2D eigenvalue weighted by Gasteiger charge is -2.44. The molecule has 2 atom stereocenters. The molecule has 15 heavy (non-hydrogen) atoms. The summed E-state index contributed by atoms with van der Waals surface area (Å²) in [6.07, 6.45) is 1.15. The first-order valence-corrected chi connectivity index (χ1v) is 6.05. The number of ether oxygens (including phenoxy) is 1. The zero-order valence-corrected chi connectivity index (χ0v) is 11.3. The minimum absolute atomic E-state index is 0.0831. The van der Waals surface area contributed by atoms with Gasteiger partial charge in [0.15, 0.2) is 0 Å². The van der Waals surface area contributed by atoms with Crippen molar-refractivity contribution in [3.05, 3.63) is 0 Å². The largest absolute Gasteiger partial charge is 0.374 e. The van der Waals surface area contributed by atoms with Crippen LogP contribution in [0, 0.1) is 11.3 Å². The van der Waals surface area contributed by atoms with Gasteiger partial charge >= 0.3 is 0 Å². The second-order valence-electron chi connectivity index (χ2n) is 6.58. The van der Waals surface area contributed by atoms with Crippen LogP contribution in [0.2, 0.25) is 0 Å². The van der Waals surface area contributed by atoms with Crippen molar-refractivity contribution in [3.63, 3.8) is 0 Å². The lowest BCUT2D eigenvalue weighted by Crippen LogP contribution is -2.50. The molecule has 0 bridgehead atoms. The van der Waals surface area contributed by atoms with Crippen LogP contribution in [0.5, 0.6) is 0 Å². The molecule has 2 heteroatoms. The van der Waals surface area contributed by atoms with E-state index in [0.717, 1.165) is 26.1 Å². The smallest absolute Gasteiger partial charge is 0.0704 e. The third-order valence-corrected chi connectivity index (χ3v) is 3.45. The Labute approximate surface area is 95.0 Å². The minimum Gasteiger partial charge on any atom is -0.374 e. The standard InChI is InChI=1S/C13H27NO/c1-11-9-14(6)8-7-13(11,5)15-10-12(2,3)4/h11H,7-10H2,1-6H3. The first-order chi connectivity index (χ1) is 6.73. The van der Waals surface area contributed by atoms with Crippen LogP contribution in [0.4, 0.5) is 0 Å². The molecule has 0 aliphatic carbocycles. The van der Waals surface area contributed by atoms with Gasteiger partial charge in [0.2, 0.25) is 0 Å². The summed E-state index contributed by atoms with van der Waals surface area (Å²) >= 11 is 0. The van der Waals surface area contributed by atoms with E-state index >= 15 is 0 Å². The molecular formula is C13H27NO. The van der Waals surface area contributed by atoms with E-state index in [1.54, 1.807) is 0 Å². The summed E-state index contributed by atoms with van der Waals surface area (Å²) in [6.45, 7) is 14.4. The average Bonchev–Trinajstić information content (AvgIpc) is 2.08. The maximum Gasteiger partial charge on any atom is 0.0704 e. The van der Waals surface area contributed by atoms with Gasteiger partial charge in [-0.3, -0.25) is 0 Å². The van der Waals surface area contributed by atoms with E-state index in [0.29, 0.717) is 5.92 Å². The molecule has 1 aliphatic heterocycles. The highest BCUT2D eigenvalue weighted by Crippen LogP contribution is 2.32. The predicted molar refractivity (Wildman–Crippen MR) is 65.1 cm³/mol. The van der Waals surface area contributed by atoms with Crippen LogP contribution in [-0.2, 0) is 4.74 Å². The Morgan fingerprint density at radius 1 is 1.40 bits per heavy atom. The molecule has 1 rings (SSSR count). The number of hydrogen-bond acceptors (Lipinski definition) is 2. The molecule has 2 unspecified atom stereocenters. The van der Waals surface area contributed by atoms with Crippen LogP contribution in [0.3, 0.4) is 0 Å². The van der Waals surface area contributed by atoms with Crippen LogP contribution in [-0.4, -0.2) is 37.2 Å². The molecule has 0 saturated carbocycles. The van der Waals surface area contributed by atoms with Gasteiger partial charge in [0.1, 0.15) is 0 Å². The highest BCUT2D eigenvalue weighted by Gasteiger charge is 2.37. The molecule has 0 aromatic rings. The second kappa shape index (κ2) is 4.42. The third kappa shape index (κ3) is 3.76. The predicted octanol–water partition coefficient (Wildman–Crippen LogP) is 2.78. The molecule has 0 radical (unpaired) electrons. The van der Waals surface area contributed by atoms with E-state index in [1.165, 1.54) is 0 Å². The highest BCUT2D eigenvalue weighted by molar-refractivity contribution is 4.88. The molecule has 1 fully saturated rings. The lowest BCUT2D eigenvalue weighted by molar-refractivity contribution is -0.122. The fourth-order valence-electron chi connectivity index (χ4n) is 2.01. The Hall–Kier alpha value is -0.0800. The number of nitrogens with zero attached hydrogens (tertiary/aromatic N) is 1. The number of piperidine rings is 1. The summed E-state index contributed by atoms with van der Waals surface area (Å²) < 4.78 is 6.17. The first-order valence-electron chi connectivity index (χ1n) is 6.05. The van der Waals surface area contributed by atoms with Crippen molar-refractivity contribution in [2.24, 2.45) is 11.3 Å². The van der Waals surface area contributed by atoms with Gasteiger partial charge in [-0.05, 0) is 31.7 Å². The monoisotopic (exact) mass is 213 g/mol. The number of rotatable bonds is 2. The SMILES string of the molecule is CC1CN(C)CCC1(C)OCC(C)(C)C. The van der Waals surface area contributed by atoms with Gasteiger partial charge in [0.05, 0.1) is 12.2 Å². The molecule has 1 heterocycles. The Kier molecular flexibility index (Phi) is 3.83. The molecule has 0 N–H and O–H groups in total. The van der Waals surface area contributed by atoms with E-state index < -0.39 is 0 Å². The van der Waals surface area contributed by atoms with Gasteiger partial charge in [-0.2, -0.15) is 0 Å². The van der Waals surface area contributed by atoms with Crippen LogP contribution in [0.1, 0.15) is 41.0 Å². The van der Waals surface area contributed by atoms with E-state index in [1.807, 2.05) is 0 Å². The fraction of sp³-hybridized carbons (Fsp3) is 1.00. The van der Waals surface area contributed by atoms with Crippen molar-refractivity contribution >= 4 is 0 Å². The topological polar surface area (TPSA) is 12.5 Å². The Balaban J connectivity index is 2.51. The Morgan fingerprint density at radius 3 is 2.47 bits per heavy atom. The molecule has 0 aromatic heterocycles. The zero-order valence-electron chi connectivity index (χ0n) is 11.3.